The van der Waals surface area contributed by atoms with Gasteiger partial charge in [-0.25, -0.2) is 4.79 Å². The Morgan fingerprint density at radius 3 is 2.57 bits per heavy atom. The number of aliphatic carboxylic acids is 1. The SMILES string of the molecule is C=C(/C=C(C(=O)O)\C(O)=C/C)c1cc(N)c(C2CC2)c(C#N)c1. The minimum Gasteiger partial charge on any atom is -0.507 e. The number of anilines is 1. The second-order valence-electron chi connectivity index (χ2n) is 5.48. The van der Waals surface area contributed by atoms with Crippen LogP contribution in [0.4, 0.5) is 5.69 Å². The van der Waals surface area contributed by atoms with Crippen molar-refractivity contribution >= 4 is 17.2 Å². The highest BCUT2D eigenvalue weighted by Gasteiger charge is 2.28. The summed E-state index contributed by atoms with van der Waals surface area (Å²) < 4.78 is 0. The van der Waals surface area contributed by atoms with Crippen LogP contribution in [-0.2, 0) is 4.79 Å². The Kier molecular flexibility index (Phi) is 4.56. The molecule has 0 aromatic heterocycles. The molecular formula is C18H18N2O3. The van der Waals surface area contributed by atoms with Gasteiger partial charge in [-0.2, -0.15) is 5.26 Å². The van der Waals surface area contributed by atoms with Gasteiger partial charge in [-0.1, -0.05) is 6.58 Å². The monoisotopic (exact) mass is 310 g/mol. The number of carboxylic acid groups (broad SMARTS) is 1. The number of nitrogens with zero attached hydrogens (tertiary/aromatic N) is 1. The fourth-order valence-corrected chi connectivity index (χ4v) is 2.44. The summed E-state index contributed by atoms with van der Waals surface area (Å²) in [7, 11) is 0. The van der Waals surface area contributed by atoms with Crippen LogP contribution in [0.5, 0.6) is 0 Å². The van der Waals surface area contributed by atoms with Crippen LogP contribution < -0.4 is 5.73 Å². The Labute approximate surface area is 134 Å². The van der Waals surface area contributed by atoms with Crippen LogP contribution >= 0.6 is 0 Å². The number of aliphatic hydroxyl groups excluding tert-OH is 1. The van der Waals surface area contributed by atoms with Gasteiger partial charge in [-0.3, -0.25) is 0 Å². The number of allylic oxidation sites excluding steroid dienone is 3. The third-order valence-corrected chi connectivity index (χ3v) is 3.79. The number of carbonyl (C=O) groups is 1. The second-order valence-corrected chi connectivity index (χ2v) is 5.48. The van der Waals surface area contributed by atoms with E-state index in [1.165, 1.54) is 19.1 Å². The van der Waals surface area contributed by atoms with Crippen LogP contribution in [0.2, 0.25) is 0 Å². The van der Waals surface area contributed by atoms with Gasteiger partial charge >= 0.3 is 5.97 Å². The molecule has 0 amide bonds. The molecule has 0 spiro atoms. The molecule has 0 unspecified atom stereocenters. The first-order valence-corrected chi connectivity index (χ1v) is 7.22. The second kappa shape index (κ2) is 6.41. The van der Waals surface area contributed by atoms with Gasteiger partial charge in [-0.05, 0) is 66.7 Å². The fraction of sp³-hybridized carbons (Fsp3) is 0.222. The summed E-state index contributed by atoms with van der Waals surface area (Å²) in [6, 6.07) is 5.50. The van der Waals surface area contributed by atoms with E-state index in [2.05, 4.69) is 12.6 Å². The van der Waals surface area contributed by atoms with Gasteiger partial charge in [0.05, 0.1) is 11.6 Å². The molecule has 2 rings (SSSR count). The average Bonchev–Trinajstić information content (AvgIpc) is 3.34. The van der Waals surface area contributed by atoms with Crippen molar-refractivity contribution in [2.75, 3.05) is 5.73 Å². The molecule has 0 atom stereocenters. The van der Waals surface area contributed by atoms with Crippen molar-refractivity contribution in [1.29, 1.82) is 5.26 Å². The van der Waals surface area contributed by atoms with Crippen LogP contribution in [0.15, 0.2) is 42.2 Å². The zero-order chi connectivity index (χ0) is 17.1. The molecule has 1 aromatic rings. The number of carboxylic acids is 1. The summed E-state index contributed by atoms with van der Waals surface area (Å²) in [5.41, 5.74) is 8.59. The Hall–Kier alpha value is -3.00. The average molecular weight is 310 g/mol. The summed E-state index contributed by atoms with van der Waals surface area (Å²) in [6.45, 7) is 5.36. The first kappa shape index (κ1) is 16.4. The van der Waals surface area contributed by atoms with Gasteiger partial charge < -0.3 is 15.9 Å². The van der Waals surface area contributed by atoms with Gasteiger partial charge in [0.1, 0.15) is 11.3 Å². The van der Waals surface area contributed by atoms with E-state index in [4.69, 9.17) is 10.8 Å². The molecule has 4 N–H and O–H groups in total. The highest BCUT2D eigenvalue weighted by atomic mass is 16.4. The van der Waals surface area contributed by atoms with E-state index in [0.29, 0.717) is 28.3 Å². The van der Waals surface area contributed by atoms with Crippen molar-refractivity contribution in [3.63, 3.8) is 0 Å². The molecule has 5 nitrogen and oxygen atoms in total. The topological polar surface area (TPSA) is 107 Å². The molecule has 0 bridgehead atoms. The maximum atomic E-state index is 11.2. The maximum absolute atomic E-state index is 11.2. The number of hydrogen-bond acceptors (Lipinski definition) is 4. The van der Waals surface area contributed by atoms with Crippen LogP contribution in [0, 0.1) is 11.3 Å². The zero-order valence-electron chi connectivity index (χ0n) is 12.8. The number of aliphatic hydroxyl groups is 1. The lowest BCUT2D eigenvalue weighted by Gasteiger charge is -2.11. The molecule has 118 valence electrons. The Morgan fingerprint density at radius 2 is 2.09 bits per heavy atom. The van der Waals surface area contributed by atoms with Crippen molar-refractivity contribution in [1.82, 2.24) is 0 Å². The van der Waals surface area contributed by atoms with E-state index in [1.807, 2.05) is 0 Å². The minimum absolute atomic E-state index is 0.263. The van der Waals surface area contributed by atoms with Crippen LogP contribution in [0.1, 0.15) is 42.4 Å². The molecule has 1 aliphatic carbocycles. The summed E-state index contributed by atoms with van der Waals surface area (Å²) >= 11 is 0. The van der Waals surface area contributed by atoms with Crippen molar-refractivity contribution in [3.05, 3.63) is 58.9 Å². The third-order valence-electron chi connectivity index (χ3n) is 3.79. The lowest BCUT2D eigenvalue weighted by Crippen LogP contribution is -2.04. The van der Waals surface area contributed by atoms with Gasteiger partial charge in [0.25, 0.3) is 0 Å². The van der Waals surface area contributed by atoms with Crippen molar-refractivity contribution in [2.24, 2.45) is 0 Å². The lowest BCUT2D eigenvalue weighted by molar-refractivity contribution is -0.132. The molecule has 23 heavy (non-hydrogen) atoms. The molecule has 1 aliphatic rings. The Morgan fingerprint density at radius 1 is 1.43 bits per heavy atom. The van der Waals surface area contributed by atoms with Crippen LogP contribution in [0.3, 0.4) is 0 Å². The molecule has 5 heteroatoms. The van der Waals surface area contributed by atoms with Gasteiger partial charge in [0.15, 0.2) is 0 Å². The molecule has 0 radical (unpaired) electrons. The van der Waals surface area contributed by atoms with E-state index >= 15 is 0 Å². The highest BCUT2D eigenvalue weighted by Crippen LogP contribution is 2.45. The minimum atomic E-state index is -1.26. The number of benzene rings is 1. The normalized spacial score (nSPS) is 15.1. The van der Waals surface area contributed by atoms with Gasteiger partial charge in [0.2, 0.25) is 0 Å². The molecule has 1 saturated carbocycles. The first-order chi connectivity index (χ1) is 10.9. The van der Waals surface area contributed by atoms with Crippen molar-refractivity contribution in [2.45, 2.75) is 25.7 Å². The molecule has 1 aromatic carbocycles. The van der Waals surface area contributed by atoms with E-state index in [1.54, 1.807) is 12.1 Å². The zero-order valence-corrected chi connectivity index (χ0v) is 12.8. The van der Waals surface area contributed by atoms with E-state index in [-0.39, 0.29) is 11.3 Å². The van der Waals surface area contributed by atoms with Gasteiger partial charge in [0, 0.05) is 5.69 Å². The highest BCUT2D eigenvalue weighted by molar-refractivity contribution is 5.95. The number of hydrogen-bond donors (Lipinski definition) is 3. The summed E-state index contributed by atoms with van der Waals surface area (Å²) in [5.74, 6) is -1.27. The Bertz CT molecular complexity index is 778. The van der Waals surface area contributed by atoms with Crippen LogP contribution in [0.25, 0.3) is 5.57 Å². The first-order valence-electron chi connectivity index (χ1n) is 7.22. The fourth-order valence-electron chi connectivity index (χ4n) is 2.44. The van der Waals surface area contributed by atoms with Crippen molar-refractivity contribution in [3.8, 4) is 6.07 Å². The smallest absolute Gasteiger partial charge is 0.339 e. The molecule has 1 fully saturated rings. The van der Waals surface area contributed by atoms with Crippen LogP contribution in [-0.4, -0.2) is 16.2 Å². The number of nitrogen functional groups attached to an aromatic ring is 1. The molecule has 0 saturated heterocycles. The number of nitrogens with two attached hydrogens (primary N) is 1. The Balaban J connectivity index is 2.46. The predicted molar refractivity (Wildman–Crippen MR) is 88.7 cm³/mol. The number of nitriles is 1. The summed E-state index contributed by atoms with van der Waals surface area (Å²) in [4.78, 5) is 11.2. The third kappa shape index (κ3) is 3.43. The number of rotatable bonds is 5. The van der Waals surface area contributed by atoms with E-state index in [9.17, 15) is 15.2 Å². The summed E-state index contributed by atoms with van der Waals surface area (Å²) in [6.07, 6.45) is 4.61. The standard InChI is InChI=1S/C18H18N2O3/c1-3-16(21)14(18(22)23)6-10(2)12-7-13(9-19)17(11-4-5-11)15(20)8-12/h3,6-8,11,21H,2,4-5,20H2,1H3,(H,22,23)/b14-6+,16-3+. The van der Waals surface area contributed by atoms with Crippen molar-refractivity contribution < 1.29 is 15.0 Å². The lowest BCUT2D eigenvalue weighted by atomic mass is 9.95. The summed E-state index contributed by atoms with van der Waals surface area (Å²) in [5, 5.41) is 28.2. The quantitative estimate of drug-likeness (QED) is 0.334. The predicted octanol–water partition coefficient (Wildman–Crippen LogP) is 3.50. The molecular weight excluding hydrogens is 292 g/mol. The van der Waals surface area contributed by atoms with E-state index < -0.39 is 5.97 Å². The molecule has 0 aliphatic heterocycles. The maximum Gasteiger partial charge on any atom is 0.339 e. The van der Waals surface area contributed by atoms with Gasteiger partial charge in [-0.15, -0.1) is 0 Å². The largest absolute Gasteiger partial charge is 0.507 e. The van der Waals surface area contributed by atoms with E-state index in [0.717, 1.165) is 18.4 Å². The molecule has 0 heterocycles.